The number of carbonyl (C=O) groups is 2. The third-order valence-electron chi connectivity index (χ3n) is 4.79. The molecule has 9 heteroatoms. The highest BCUT2D eigenvalue weighted by atomic mass is 79.9. The number of halogens is 2. The molecular weight excluding hydrogens is 530 g/mol. The Balaban J connectivity index is 1.48. The molecular formula is C24H13BrClNO5S. The van der Waals surface area contributed by atoms with Gasteiger partial charge >= 0.3 is 11.9 Å². The predicted molar refractivity (Wildman–Crippen MR) is 130 cm³/mol. The molecule has 0 amide bonds. The van der Waals surface area contributed by atoms with Crippen LogP contribution >= 0.6 is 38.9 Å². The summed E-state index contributed by atoms with van der Waals surface area (Å²) in [6.45, 7) is 1.97. The van der Waals surface area contributed by atoms with Crippen molar-refractivity contribution in [1.29, 1.82) is 0 Å². The van der Waals surface area contributed by atoms with Crippen molar-refractivity contribution in [3.8, 4) is 5.75 Å². The summed E-state index contributed by atoms with van der Waals surface area (Å²) in [5.74, 6) is -0.578. The minimum Gasteiger partial charge on any atom is -0.459 e. The molecule has 164 valence electrons. The summed E-state index contributed by atoms with van der Waals surface area (Å²) in [5, 5.41) is 1.15. The van der Waals surface area contributed by atoms with E-state index in [1.807, 2.05) is 25.1 Å². The second-order valence-electron chi connectivity index (χ2n) is 7.13. The Morgan fingerprint density at radius 1 is 1.21 bits per heavy atom. The van der Waals surface area contributed by atoms with Crippen molar-refractivity contribution in [3.63, 3.8) is 0 Å². The van der Waals surface area contributed by atoms with Gasteiger partial charge in [0.25, 0.3) is 5.90 Å². The largest absolute Gasteiger partial charge is 0.459 e. The molecule has 2 aromatic heterocycles. The number of carbonyl (C=O) groups excluding carboxylic acids is 2. The van der Waals surface area contributed by atoms with Crippen molar-refractivity contribution >= 4 is 72.9 Å². The molecule has 0 fully saturated rings. The first-order valence-electron chi connectivity index (χ1n) is 9.66. The molecule has 0 bridgehead atoms. The molecule has 0 unspecified atom stereocenters. The van der Waals surface area contributed by atoms with E-state index >= 15 is 0 Å². The van der Waals surface area contributed by atoms with Gasteiger partial charge in [0.05, 0.1) is 11.3 Å². The van der Waals surface area contributed by atoms with Gasteiger partial charge in [-0.15, -0.1) is 11.3 Å². The number of rotatable bonds is 4. The van der Waals surface area contributed by atoms with E-state index in [2.05, 4.69) is 20.9 Å². The number of ether oxygens (including phenoxy) is 2. The van der Waals surface area contributed by atoms with Crippen LogP contribution in [-0.2, 0) is 9.53 Å². The molecule has 0 N–H and O–H groups in total. The number of hydrogen-bond acceptors (Lipinski definition) is 7. The molecule has 6 nitrogen and oxygen atoms in total. The highest BCUT2D eigenvalue weighted by Gasteiger charge is 2.27. The van der Waals surface area contributed by atoms with Crippen LogP contribution in [0, 0.1) is 6.92 Å². The van der Waals surface area contributed by atoms with Crippen molar-refractivity contribution in [2.24, 2.45) is 4.99 Å². The summed E-state index contributed by atoms with van der Waals surface area (Å²) < 4.78 is 17.7. The van der Waals surface area contributed by atoms with Crippen LogP contribution in [0.3, 0.4) is 0 Å². The van der Waals surface area contributed by atoms with E-state index in [9.17, 15) is 9.59 Å². The molecule has 1 aliphatic rings. The lowest BCUT2D eigenvalue weighted by atomic mass is 10.1. The SMILES string of the molecule is Cc1ccc2c(Cl)c(C(=O)Oc3ccc(Br)cc3/C=C3/N=C(c4ccco4)OC3=O)sc2c1. The van der Waals surface area contributed by atoms with Crippen molar-refractivity contribution in [3.05, 3.63) is 91.8 Å². The maximum absolute atomic E-state index is 13.0. The molecule has 1 aliphatic heterocycles. The molecule has 0 spiro atoms. The number of thiophene rings is 1. The van der Waals surface area contributed by atoms with Gasteiger partial charge in [0.15, 0.2) is 11.5 Å². The molecule has 4 aromatic rings. The zero-order valence-electron chi connectivity index (χ0n) is 16.9. The quantitative estimate of drug-likeness (QED) is 0.161. The van der Waals surface area contributed by atoms with Crippen molar-refractivity contribution < 1.29 is 23.5 Å². The van der Waals surface area contributed by atoms with Crippen LogP contribution in [0.5, 0.6) is 5.75 Å². The maximum atomic E-state index is 13.0. The van der Waals surface area contributed by atoms with E-state index in [-0.39, 0.29) is 17.3 Å². The summed E-state index contributed by atoms with van der Waals surface area (Å²) in [7, 11) is 0. The van der Waals surface area contributed by atoms with Crippen LogP contribution in [0.1, 0.15) is 26.6 Å². The Hall–Kier alpha value is -3.20. The summed E-state index contributed by atoms with van der Waals surface area (Å²) in [6, 6.07) is 14.2. The Bertz CT molecular complexity index is 1490. The number of aliphatic imine (C=N–C) groups is 1. The zero-order valence-corrected chi connectivity index (χ0v) is 20.1. The number of nitrogens with zero attached hydrogens (tertiary/aromatic N) is 1. The van der Waals surface area contributed by atoms with Gasteiger partial charge in [-0.3, -0.25) is 0 Å². The number of furan rings is 1. The number of benzene rings is 2. The number of aryl methyl sites for hydroxylation is 1. The van der Waals surface area contributed by atoms with Crippen LogP contribution < -0.4 is 4.74 Å². The van der Waals surface area contributed by atoms with E-state index in [0.717, 1.165) is 20.1 Å². The first kappa shape index (κ1) is 21.6. The molecule has 3 heterocycles. The molecule has 0 atom stereocenters. The third kappa shape index (κ3) is 4.25. The lowest BCUT2D eigenvalue weighted by Crippen LogP contribution is -2.08. The smallest absolute Gasteiger partial charge is 0.363 e. The predicted octanol–water partition coefficient (Wildman–Crippen LogP) is 6.78. The molecule has 2 aromatic carbocycles. The normalized spacial score (nSPS) is 14.6. The van der Waals surface area contributed by atoms with Gasteiger partial charge in [0.2, 0.25) is 0 Å². The minimum absolute atomic E-state index is 0.0483. The first-order valence-corrected chi connectivity index (χ1v) is 11.6. The fraction of sp³-hybridized carbons (Fsp3) is 0.0417. The van der Waals surface area contributed by atoms with Crippen LogP contribution in [0.4, 0.5) is 0 Å². The standard InChI is InChI=1S/C24H13BrClNO5S/c1-12-4-6-15-19(9-12)33-21(20(15)26)24(29)31-17-7-5-14(25)10-13(17)11-16-23(28)32-22(27-16)18-3-2-8-30-18/h2-11H,1H3/b16-11+. The average molecular weight is 543 g/mol. The molecule has 0 aliphatic carbocycles. The fourth-order valence-corrected chi connectivity index (χ4v) is 5.10. The highest BCUT2D eigenvalue weighted by Crippen LogP contribution is 2.37. The lowest BCUT2D eigenvalue weighted by Gasteiger charge is -2.08. The molecule has 0 saturated carbocycles. The van der Waals surface area contributed by atoms with Gasteiger partial charge < -0.3 is 13.9 Å². The fourth-order valence-electron chi connectivity index (χ4n) is 3.24. The van der Waals surface area contributed by atoms with Gasteiger partial charge in [0.1, 0.15) is 10.6 Å². The van der Waals surface area contributed by atoms with Crippen LogP contribution in [0.15, 0.2) is 74.4 Å². The minimum atomic E-state index is -0.637. The van der Waals surface area contributed by atoms with E-state index in [0.29, 0.717) is 21.2 Å². The number of fused-ring (bicyclic) bond motifs is 1. The summed E-state index contributed by atoms with van der Waals surface area (Å²) in [5.41, 5.74) is 1.58. The second-order valence-corrected chi connectivity index (χ2v) is 9.48. The Morgan fingerprint density at radius 2 is 2.06 bits per heavy atom. The first-order chi connectivity index (χ1) is 15.9. The summed E-state index contributed by atoms with van der Waals surface area (Å²) in [4.78, 5) is 29.8. The Kier molecular flexibility index (Phi) is 5.65. The van der Waals surface area contributed by atoms with Crippen molar-refractivity contribution in [2.75, 3.05) is 0 Å². The van der Waals surface area contributed by atoms with Crippen LogP contribution in [0.2, 0.25) is 5.02 Å². The van der Waals surface area contributed by atoms with E-state index in [1.165, 1.54) is 23.7 Å². The highest BCUT2D eigenvalue weighted by molar-refractivity contribution is 9.10. The van der Waals surface area contributed by atoms with Gasteiger partial charge in [-0.05, 0) is 55.0 Å². The van der Waals surface area contributed by atoms with E-state index in [1.54, 1.807) is 30.3 Å². The monoisotopic (exact) mass is 541 g/mol. The maximum Gasteiger partial charge on any atom is 0.363 e. The van der Waals surface area contributed by atoms with Crippen molar-refractivity contribution in [2.45, 2.75) is 6.92 Å². The zero-order chi connectivity index (χ0) is 23.1. The number of cyclic esters (lactones) is 1. The topological polar surface area (TPSA) is 78.1 Å². The summed E-state index contributed by atoms with van der Waals surface area (Å²) >= 11 is 11.1. The van der Waals surface area contributed by atoms with Gasteiger partial charge in [-0.1, -0.05) is 39.7 Å². The number of esters is 2. The van der Waals surface area contributed by atoms with Gasteiger partial charge in [-0.2, -0.15) is 0 Å². The van der Waals surface area contributed by atoms with Crippen LogP contribution in [-0.4, -0.2) is 17.8 Å². The Morgan fingerprint density at radius 3 is 2.85 bits per heavy atom. The van der Waals surface area contributed by atoms with E-state index < -0.39 is 11.9 Å². The molecule has 5 rings (SSSR count). The number of hydrogen-bond donors (Lipinski definition) is 0. The molecule has 0 saturated heterocycles. The second kappa shape index (κ2) is 8.62. The van der Waals surface area contributed by atoms with E-state index in [4.69, 9.17) is 25.5 Å². The van der Waals surface area contributed by atoms with Crippen molar-refractivity contribution in [1.82, 2.24) is 0 Å². The average Bonchev–Trinajstić information content (AvgIpc) is 3.50. The van der Waals surface area contributed by atoms with Gasteiger partial charge in [0, 0.05) is 20.1 Å². The van der Waals surface area contributed by atoms with Gasteiger partial charge in [-0.25, -0.2) is 14.6 Å². The molecule has 0 radical (unpaired) electrons. The molecule has 33 heavy (non-hydrogen) atoms. The van der Waals surface area contributed by atoms with Crippen LogP contribution in [0.25, 0.3) is 16.2 Å². The lowest BCUT2D eigenvalue weighted by molar-refractivity contribution is -0.130. The Labute approximate surface area is 205 Å². The summed E-state index contributed by atoms with van der Waals surface area (Å²) in [6.07, 6.45) is 2.95. The third-order valence-corrected chi connectivity index (χ3v) is 6.92.